The van der Waals surface area contributed by atoms with Gasteiger partial charge in [0.15, 0.2) is 0 Å². The van der Waals surface area contributed by atoms with E-state index in [2.05, 4.69) is 5.32 Å². The molecule has 1 N–H and O–H groups in total. The number of hydrogen-bond acceptors (Lipinski definition) is 6. The quantitative estimate of drug-likeness (QED) is 0.413. The van der Waals surface area contributed by atoms with Crippen LogP contribution in [0.5, 0.6) is 0 Å². The number of non-ortho nitro benzene ring substituents is 1. The van der Waals surface area contributed by atoms with Crippen LogP contribution in [0, 0.1) is 17.0 Å². The molecule has 0 saturated carbocycles. The summed E-state index contributed by atoms with van der Waals surface area (Å²) < 4.78 is 25.8. The molecule has 1 atom stereocenters. The summed E-state index contributed by atoms with van der Waals surface area (Å²) in [5.41, 5.74) is 1.48. The highest BCUT2D eigenvalue weighted by Gasteiger charge is 2.30. The molecule has 178 valence electrons. The van der Waals surface area contributed by atoms with Crippen LogP contribution in [-0.4, -0.2) is 55.4 Å². The molecule has 10 nitrogen and oxygen atoms in total. The third-order valence-corrected chi connectivity index (χ3v) is 6.14. The van der Waals surface area contributed by atoms with Gasteiger partial charge in [0, 0.05) is 25.2 Å². The molecular formula is C22H28N4O6S. The zero-order valence-electron chi connectivity index (χ0n) is 19.0. The van der Waals surface area contributed by atoms with E-state index in [-0.39, 0.29) is 23.8 Å². The fourth-order valence-corrected chi connectivity index (χ4v) is 4.01. The molecule has 2 aromatic carbocycles. The first kappa shape index (κ1) is 25.8. The van der Waals surface area contributed by atoms with Gasteiger partial charge in [0.1, 0.15) is 12.6 Å². The van der Waals surface area contributed by atoms with Crippen molar-refractivity contribution in [3.05, 3.63) is 69.8 Å². The van der Waals surface area contributed by atoms with Gasteiger partial charge in [0.05, 0.1) is 16.9 Å². The first-order valence-corrected chi connectivity index (χ1v) is 12.1. The molecule has 11 heteroatoms. The largest absolute Gasteiger partial charge is 0.355 e. The maximum absolute atomic E-state index is 13.3. The van der Waals surface area contributed by atoms with Crippen LogP contribution in [0.25, 0.3) is 0 Å². The molecule has 0 aliphatic heterocycles. The van der Waals surface area contributed by atoms with Crippen LogP contribution >= 0.6 is 0 Å². The monoisotopic (exact) mass is 476 g/mol. The van der Waals surface area contributed by atoms with Crippen molar-refractivity contribution in [3.8, 4) is 0 Å². The van der Waals surface area contributed by atoms with E-state index in [0.717, 1.165) is 27.8 Å². The molecule has 2 rings (SSSR count). The molecule has 33 heavy (non-hydrogen) atoms. The SMILES string of the molecule is CCNC(=O)[C@@H](C)N(Cc1ccc(C)cc1)C(=O)CN(c1cccc([N+](=O)[O-])c1)S(C)(=O)=O. The Morgan fingerprint density at radius 1 is 1.15 bits per heavy atom. The number of nitrogens with one attached hydrogen (secondary N) is 1. The Morgan fingerprint density at radius 3 is 2.33 bits per heavy atom. The molecule has 2 aromatic rings. The van der Waals surface area contributed by atoms with Crippen molar-refractivity contribution in [2.24, 2.45) is 0 Å². The molecule has 0 heterocycles. The van der Waals surface area contributed by atoms with E-state index in [0.29, 0.717) is 6.54 Å². The molecule has 0 fully saturated rings. The zero-order valence-corrected chi connectivity index (χ0v) is 19.8. The van der Waals surface area contributed by atoms with E-state index in [9.17, 15) is 28.1 Å². The Kier molecular flexibility index (Phi) is 8.52. The van der Waals surface area contributed by atoms with E-state index in [4.69, 9.17) is 0 Å². The number of carbonyl (C=O) groups excluding carboxylic acids is 2. The fraction of sp³-hybridized carbons (Fsp3) is 0.364. The summed E-state index contributed by atoms with van der Waals surface area (Å²) >= 11 is 0. The van der Waals surface area contributed by atoms with Crippen LogP contribution in [0.3, 0.4) is 0 Å². The van der Waals surface area contributed by atoms with Crippen molar-refractivity contribution in [1.29, 1.82) is 0 Å². The second kappa shape index (κ2) is 10.9. The molecule has 0 aliphatic rings. The number of hydrogen-bond donors (Lipinski definition) is 1. The number of amides is 2. The molecule has 0 aromatic heterocycles. The van der Waals surface area contributed by atoms with Gasteiger partial charge in [-0.3, -0.25) is 24.0 Å². The van der Waals surface area contributed by atoms with Gasteiger partial charge in [-0.15, -0.1) is 0 Å². The van der Waals surface area contributed by atoms with Crippen molar-refractivity contribution in [2.75, 3.05) is 23.7 Å². The number of aryl methyl sites for hydroxylation is 1. The summed E-state index contributed by atoms with van der Waals surface area (Å²) in [4.78, 5) is 37.6. The summed E-state index contributed by atoms with van der Waals surface area (Å²) in [6, 6.07) is 11.6. The second-order valence-electron chi connectivity index (χ2n) is 7.62. The van der Waals surface area contributed by atoms with Gasteiger partial charge in [-0.05, 0) is 32.4 Å². The average molecular weight is 477 g/mol. The van der Waals surface area contributed by atoms with Crippen LogP contribution in [0.4, 0.5) is 11.4 Å². The van der Waals surface area contributed by atoms with E-state index < -0.39 is 33.4 Å². The summed E-state index contributed by atoms with van der Waals surface area (Å²) in [5.74, 6) is -0.995. The van der Waals surface area contributed by atoms with Gasteiger partial charge in [0.2, 0.25) is 21.8 Å². The normalized spacial score (nSPS) is 12.0. The van der Waals surface area contributed by atoms with Gasteiger partial charge in [-0.25, -0.2) is 8.42 Å². The molecule has 0 spiro atoms. The van der Waals surface area contributed by atoms with Crippen LogP contribution in [0.1, 0.15) is 25.0 Å². The maximum atomic E-state index is 13.3. The van der Waals surface area contributed by atoms with Gasteiger partial charge in [-0.1, -0.05) is 35.9 Å². The van der Waals surface area contributed by atoms with Crippen LogP contribution in [0.2, 0.25) is 0 Å². The number of rotatable bonds is 10. The van der Waals surface area contributed by atoms with Crippen molar-refractivity contribution >= 4 is 33.2 Å². The predicted molar refractivity (Wildman–Crippen MR) is 125 cm³/mol. The highest BCUT2D eigenvalue weighted by atomic mass is 32.2. The zero-order chi connectivity index (χ0) is 24.8. The van der Waals surface area contributed by atoms with E-state index in [1.54, 1.807) is 13.8 Å². The van der Waals surface area contributed by atoms with Crippen LogP contribution < -0.4 is 9.62 Å². The topological polar surface area (TPSA) is 130 Å². The smallest absolute Gasteiger partial charge is 0.271 e. The van der Waals surface area contributed by atoms with E-state index >= 15 is 0 Å². The van der Waals surface area contributed by atoms with Gasteiger partial charge in [-0.2, -0.15) is 0 Å². The van der Waals surface area contributed by atoms with Crippen molar-refractivity contribution in [2.45, 2.75) is 33.4 Å². The number of anilines is 1. The van der Waals surface area contributed by atoms with E-state index in [1.807, 2.05) is 31.2 Å². The van der Waals surface area contributed by atoms with Gasteiger partial charge in [0.25, 0.3) is 5.69 Å². The lowest BCUT2D eigenvalue weighted by Gasteiger charge is -2.31. The molecule has 0 saturated heterocycles. The minimum Gasteiger partial charge on any atom is -0.355 e. The molecule has 0 bridgehead atoms. The minimum absolute atomic E-state index is 0.0130. The minimum atomic E-state index is -3.96. The standard InChI is InChI=1S/C22H28N4O6S/c1-5-23-22(28)17(3)24(14-18-11-9-16(2)10-12-18)21(27)15-25(33(4,31)32)19-7-6-8-20(13-19)26(29)30/h6-13,17H,5,14-15H2,1-4H3,(H,23,28)/t17-/m1/s1. The Labute approximate surface area is 193 Å². The highest BCUT2D eigenvalue weighted by Crippen LogP contribution is 2.24. The van der Waals surface area contributed by atoms with Crippen molar-refractivity contribution in [3.63, 3.8) is 0 Å². The number of nitro benzene ring substituents is 1. The maximum Gasteiger partial charge on any atom is 0.271 e. The summed E-state index contributed by atoms with van der Waals surface area (Å²) in [5, 5.41) is 13.8. The summed E-state index contributed by atoms with van der Waals surface area (Å²) in [6.45, 7) is 5.09. The number of nitrogens with zero attached hydrogens (tertiary/aromatic N) is 3. The highest BCUT2D eigenvalue weighted by molar-refractivity contribution is 7.92. The molecular weight excluding hydrogens is 448 g/mol. The Balaban J connectivity index is 2.41. The molecule has 0 radical (unpaired) electrons. The fourth-order valence-electron chi connectivity index (χ4n) is 3.17. The predicted octanol–water partition coefficient (Wildman–Crippen LogP) is 2.22. The number of carbonyl (C=O) groups is 2. The third-order valence-electron chi connectivity index (χ3n) is 5.00. The van der Waals surface area contributed by atoms with Crippen LogP contribution in [-0.2, 0) is 26.2 Å². The molecule has 0 unspecified atom stereocenters. The Morgan fingerprint density at radius 2 is 1.79 bits per heavy atom. The van der Waals surface area contributed by atoms with Crippen molar-refractivity contribution < 1.29 is 22.9 Å². The van der Waals surface area contributed by atoms with E-state index in [1.165, 1.54) is 23.1 Å². The number of sulfonamides is 1. The number of likely N-dealkylation sites (N-methyl/N-ethyl adjacent to an activating group) is 1. The summed E-state index contributed by atoms with van der Waals surface area (Å²) in [6.07, 6.45) is 0.913. The molecule has 2 amide bonds. The summed E-state index contributed by atoms with van der Waals surface area (Å²) in [7, 11) is -3.96. The lowest BCUT2D eigenvalue weighted by Crippen LogP contribution is -2.51. The van der Waals surface area contributed by atoms with Gasteiger partial charge >= 0.3 is 0 Å². The van der Waals surface area contributed by atoms with Gasteiger partial charge < -0.3 is 10.2 Å². The lowest BCUT2D eigenvalue weighted by molar-refractivity contribution is -0.384. The van der Waals surface area contributed by atoms with Crippen LogP contribution in [0.15, 0.2) is 48.5 Å². The average Bonchev–Trinajstić information content (AvgIpc) is 2.75. The Bertz CT molecular complexity index is 1120. The lowest BCUT2D eigenvalue weighted by atomic mass is 10.1. The second-order valence-corrected chi connectivity index (χ2v) is 9.53. The third kappa shape index (κ3) is 7.01. The first-order chi connectivity index (χ1) is 15.4. The molecule has 0 aliphatic carbocycles. The first-order valence-electron chi connectivity index (χ1n) is 10.3. The Hall–Kier alpha value is -3.47. The van der Waals surface area contributed by atoms with Crippen molar-refractivity contribution in [1.82, 2.24) is 10.2 Å². The number of benzene rings is 2. The number of nitro groups is 1.